The minimum Gasteiger partial charge on any atom is -0.508 e. The molecular weight excluding hydrogens is 272 g/mol. The molecule has 3 nitrogen and oxygen atoms in total. The van der Waals surface area contributed by atoms with Gasteiger partial charge < -0.3 is 10.1 Å². The summed E-state index contributed by atoms with van der Waals surface area (Å²) in [6, 6.07) is 6.92. The number of nitrogens with zero attached hydrogens (tertiary/aromatic N) is 1. The Hall–Kier alpha value is -1.74. The minimum absolute atomic E-state index is 0.371. The quantitative estimate of drug-likeness (QED) is 0.726. The Morgan fingerprint density at radius 1 is 1.36 bits per heavy atom. The average Bonchev–Trinajstić information content (AvgIpc) is 2.89. The number of piperidine rings is 3. The lowest BCUT2D eigenvalue weighted by Gasteiger charge is -2.58. The van der Waals surface area contributed by atoms with Crippen molar-refractivity contribution in [1.82, 2.24) is 9.88 Å². The number of hydrogen-bond donors (Lipinski definition) is 2. The van der Waals surface area contributed by atoms with E-state index in [0.717, 1.165) is 24.8 Å². The second kappa shape index (κ2) is 4.17. The number of aromatic nitrogens is 1. The smallest absolute Gasteiger partial charge is 0.116 e. The highest BCUT2D eigenvalue weighted by atomic mass is 16.3. The zero-order valence-electron chi connectivity index (χ0n) is 13.1. The number of fused-ring (bicyclic) bond motifs is 4. The van der Waals surface area contributed by atoms with Gasteiger partial charge in [-0.1, -0.05) is 18.6 Å². The van der Waals surface area contributed by atoms with Gasteiger partial charge in [-0.15, -0.1) is 0 Å². The minimum atomic E-state index is 0.371. The molecule has 1 aromatic carbocycles. The van der Waals surface area contributed by atoms with E-state index in [1.54, 1.807) is 11.6 Å². The van der Waals surface area contributed by atoms with Gasteiger partial charge in [-0.05, 0) is 55.4 Å². The summed E-state index contributed by atoms with van der Waals surface area (Å²) in [7, 11) is 0. The molecule has 1 aromatic heterocycles. The molecule has 0 aliphatic carbocycles. The van der Waals surface area contributed by atoms with Crippen LogP contribution in [0.25, 0.3) is 10.9 Å². The van der Waals surface area contributed by atoms with E-state index in [4.69, 9.17) is 0 Å². The summed E-state index contributed by atoms with van der Waals surface area (Å²) in [5.41, 5.74) is 5.67. The first-order chi connectivity index (χ1) is 10.7. The largest absolute Gasteiger partial charge is 0.508 e. The Kier molecular flexibility index (Phi) is 2.42. The summed E-state index contributed by atoms with van der Waals surface area (Å²) in [4.78, 5) is 6.38. The highest BCUT2D eigenvalue weighted by Crippen LogP contribution is 2.53. The fourth-order valence-electron chi connectivity index (χ4n) is 5.30. The Morgan fingerprint density at radius 2 is 2.23 bits per heavy atom. The van der Waals surface area contributed by atoms with E-state index in [1.165, 1.54) is 28.6 Å². The third-order valence-electron chi connectivity index (χ3n) is 6.43. The van der Waals surface area contributed by atoms with Gasteiger partial charge in [0.2, 0.25) is 0 Å². The molecule has 0 spiro atoms. The van der Waals surface area contributed by atoms with Gasteiger partial charge in [0, 0.05) is 29.2 Å². The van der Waals surface area contributed by atoms with E-state index in [1.807, 2.05) is 12.1 Å². The maximum absolute atomic E-state index is 9.85. The Morgan fingerprint density at radius 3 is 3.05 bits per heavy atom. The molecule has 0 radical (unpaired) electrons. The number of aromatic amines is 1. The van der Waals surface area contributed by atoms with Crippen molar-refractivity contribution >= 4 is 10.9 Å². The highest BCUT2D eigenvalue weighted by molar-refractivity contribution is 5.86. The molecule has 3 heteroatoms. The predicted molar refractivity (Wildman–Crippen MR) is 87.9 cm³/mol. The van der Waals surface area contributed by atoms with Crippen LogP contribution in [0.5, 0.6) is 5.75 Å². The molecule has 0 amide bonds. The molecule has 4 bridgehead atoms. The molecule has 22 heavy (non-hydrogen) atoms. The van der Waals surface area contributed by atoms with Crippen molar-refractivity contribution in [3.63, 3.8) is 0 Å². The lowest BCUT2D eigenvalue weighted by atomic mass is 9.64. The molecule has 4 aliphatic rings. The third-order valence-corrected chi connectivity index (χ3v) is 6.43. The van der Waals surface area contributed by atoms with Crippen LogP contribution in [0, 0.1) is 11.8 Å². The second-order valence-corrected chi connectivity index (χ2v) is 7.27. The second-order valence-electron chi connectivity index (χ2n) is 7.27. The number of phenols is 1. The van der Waals surface area contributed by atoms with Gasteiger partial charge in [0.15, 0.2) is 0 Å². The molecule has 5 atom stereocenters. The van der Waals surface area contributed by atoms with E-state index >= 15 is 0 Å². The first-order valence-corrected chi connectivity index (χ1v) is 8.41. The van der Waals surface area contributed by atoms with Gasteiger partial charge in [-0.3, -0.25) is 4.90 Å². The summed E-state index contributed by atoms with van der Waals surface area (Å²) in [6.07, 6.45) is 4.69. The molecule has 6 rings (SSSR count). The van der Waals surface area contributed by atoms with Gasteiger partial charge >= 0.3 is 0 Å². The summed E-state index contributed by atoms with van der Waals surface area (Å²) >= 11 is 0. The number of hydrogen-bond acceptors (Lipinski definition) is 2. The zero-order valence-corrected chi connectivity index (χ0v) is 13.1. The SMILES string of the molecule is C/C=C1/CN2C3Cc4c([nH]c5ccc(O)cc45)[C@@H]2C[C@@H]1[C@H]3C. The average molecular weight is 294 g/mol. The van der Waals surface area contributed by atoms with Crippen LogP contribution in [-0.4, -0.2) is 27.6 Å². The van der Waals surface area contributed by atoms with Crippen LogP contribution in [0.2, 0.25) is 0 Å². The first-order valence-electron chi connectivity index (χ1n) is 8.41. The molecule has 5 heterocycles. The summed E-state index contributed by atoms with van der Waals surface area (Å²) in [5.74, 6) is 1.85. The van der Waals surface area contributed by atoms with Gasteiger partial charge in [0.25, 0.3) is 0 Å². The standard InChI is InChI=1S/C19H22N2O/c1-3-11-9-21-17-8-15-14-6-12(22)4-5-16(14)20-19(15)18(21)7-13(11)10(17)2/h3-6,10,13,17-18,20,22H,7-9H2,1-2H3/b11-3-/t10-,13-,17?,18+/m1/s1. The van der Waals surface area contributed by atoms with Crippen molar-refractivity contribution in [3.05, 3.63) is 41.1 Å². The third kappa shape index (κ3) is 1.45. The monoisotopic (exact) mass is 294 g/mol. The molecule has 2 unspecified atom stereocenters. The van der Waals surface area contributed by atoms with Crippen molar-refractivity contribution < 1.29 is 5.11 Å². The van der Waals surface area contributed by atoms with E-state index in [-0.39, 0.29) is 0 Å². The number of rotatable bonds is 0. The van der Waals surface area contributed by atoms with Gasteiger partial charge in [0.1, 0.15) is 5.75 Å². The maximum Gasteiger partial charge on any atom is 0.116 e. The van der Waals surface area contributed by atoms with Gasteiger partial charge in [-0.25, -0.2) is 0 Å². The lowest BCUT2D eigenvalue weighted by molar-refractivity contribution is -0.0238. The van der Waals surface area contributed by atoms with Crippen LogP contribution in [-0.2, 0) is 6.42 Å². The van der Waals surface area contributed by atoms with E-state index in [2.05, 4.69) is 29.8 Å². The maximum atomic E-state index is 9.85. The fourth-order valence-corrected chi connectivity index (χ4v) is 5.30. The van der Waals surface area contributed by atoms with Crippen molar-refractivity contribution in [2.24, 2.45) is 11.8 Å². The van der Waals surface area contributed by atoms with E-state index in [9.17, 15) is 5.11 Å². The van der Waals surface area contributed by atoms with E-state index < -0.39 is 0 Å². The molecule has 0 saturated carbocycles. The van der Waals surface area contributed by atoms with Crippen LogP contribution in [0.15, 0.2) is 29.8 Å². The molecule has 2 N–H and O–H groups in total. The van der Waals surface area contributed by atoms with Crippen molar-refractivity contribution in [1.29, 1.82) is 0 Å². The number of allylic oxidation sites excluding steroid dienone is 1. The Labute approximate surface area is 130 Å². The van der Waals surface area contributed by atoms with Crippen LogP contribution in [0.3, 0.4) is 0 Å². The predicted octanol–water partition coefficient (Wildman–Crippen LogP) is 3.76. The molecule has 2 aromatic rings. The topological polar surface area (TPSA) is 39.3 Å². The van der Waals surface area contributed by atoms with Crippen LogP contribution in [0.1, 0.15) is 37.6 Å². The summed E-state index contributed by atoms with van der Waals surface area (Å²) in [6.45, 7) is 5.76. The van der Waals surface area contributed by atoms with Crippen LogP contribution in [0.4, 0.5) is 0 Å². The molecule has 3 fully saturated rings. The fraction of sp³-hybridized carbons (Fsp3) is 0.474. The number of phenolic OH excluding ortho intramolecular Hbond substituents is 1. The molecule has 114 valence electrons. The highest BCUT2D eigenvalue weighted by Gasteiger charge is 2.51. The number of benzene rings is 1. The number of aromatic hydroxyl groups is 1. The van der Waals surface area contributed by atoms with Crippen LogP contribution >= 0.6 is 0 Å². The lowest BCUT2D eigenvalue weighted by Crippen LogP contribution is -2.59. The van der Waals surface area contributed by atoms with Crippen molar-refractivity contribution in [2.45, 2.75) is 38.8 Å². The Balaban J connectivity index is 1.70. The first kappa shape index (κ1) is 12.8. The summed E-state index contributed by atoms with van der Waals surface area (Å²) in [5, 5.41) is 11.1. The molecule has 4 aliphatic heterocycles. The normalized spacial score (nSPS) is 37.7. The van der Waals surface area contributed by atoms with Crippen molar-refractivity contribution in [2.75, 3.05) is 6.54 Å². The van der Waals surface area contributed by atoms with Crippen LogP contribution < -0.4 is 0 Å². The number of H-pyrrole nitrogens is 1. The van der Waals surface area contributed by atoms with Gasteiger partial charge in [-0.2, -0.15) is 0 Å². The van der Waals surface area contributed by atoms with Gasteiger partial charge in [0.05, 0.1) is 6.04 Å². The van der Waals surface area contributed by atoms with E-state index in [0.29, 0.717) is 17.8 Å². The van der Waals surface area contributed by atoms with Crippen molar-refractivity contribution in [3.8, 4) is 5.75 Å². The number of nitrogens with one attached hydrogen (secondary N) is 1. The molecular formula is C19H22N2O. The molecule has 3 saturated heterocycles. The Bertz CT molecular complexity index is 803. The zero-order chi connectivity index (χ0) is 15.0. The summed E-state index contributed by atoms with van der Waals surface area (Å²) < 4.78 is 0.